The Kier molecular flexibility index (Phi) is 4.71. The van der Waals surface area contributed by atoms with E-state index in [9.17, 15) is 0 Å². The van der Waals surface area contributed by atoms with Crippen LogP contribution < -0.4 is 0 Å². The maximum atomic E-state index is 2.56. The summed E-state index contributed by atoms with van der Waals surface area (Å²) in [4.78, 5) is 2.37. The van der Waals surface area contributed by atoms with E-state index in [1.54, 1.807) is 0 Å². The summed E-state index contributed by atoms with van der Waals surface area (Å²) in [6.45, 7) is 2.26. The molecule has 0 saturated heterocycles. The molecule has 0 heterocycles. The third kappa shape index (κ3) is 5.46. The Morgan fingerprint density at radius 1 is 1.80 bits per heavy atom. The number of hydrogen-bond donors (Lipinski definition) is 0. The molecule has 0 aliphatic heterocycles. The molecule has 0 radical (unpaired) electrons. The van der Waals surface area contributed by atoms with Crippen LogP contribution in [0.5, 0.6) is 0 Å². The zero-order valence-corrected chi connectivity index (χ0v) is 7.78. The minimum absolute atomic E-state index is 0.312. The molecule has 0 aromatic carbocycles. The first-order chi connectivity index (χ1) is 2.27. The molecular formula is C3H8I2. The van der Waals surface area contributed by atoms with Crippen LogP contribution in [0, 0.1) is 0 Å². The van der Waals surface area contributed by atoms with Crippen molar-refractivity contribution in [3.8, 4) is 0 Å². The zero-order chi connectivity index (χ0) is 4.28. The number of alkyl halides is 2. The van der Waals surface area contributed by atoms with Crippen molar-refractivity contribution in [1.82, 2.24) is 0 Å². The van der Waals surface area contributed by atoms with Crippen molar-refractivity contribution < 1.29 is 0 Å². The molecule has 0 aliphatic rings. The van der Waals surface area contributed by atoms with E-state index in [1.165, 1.54) is 4.43 Å². The topological polar surface area (TPSA) is 0 Å². The summed E-state index contributed by atoms with van der Waals surface area (Å²) in [7, 11) is 0. The van der Waals surface area contributed by atoms with Gasteiger partial charge in [0.1, 0.15) is 0 Å². The summed E-state index contributed by atoms with van der Waals surface area (Å²) < 4.78 is 1.45. The molecule has 0 aromatic heterocycles. The van der Waals surface area contributed by atoms with Gasteiger partial charge in [0.15, 0.2) is 0 Å². The summed E-state index contributed by atoms with van der Waals surface area (Å²) >= 11 is 2.25. The Morgan fingerprint density at radius 3 is 2.00 bits per heavy atom. The average Bonchev–Trinajstić information content (AvgIpc) is 1.38. The van der Waals surface area contributed by atoms with Gasteiger partial charge in [0, 0.05) is 0 Å². The van der Waals surface area contributed by atoms with Gasteiger partial charge in [0.05, 0.1) is 0 Å². The van der Waals surface area contributed by atoms with E-state index in [-0.39, 0.29) is 15.8 Å². The third-order valence-electron chi connectivity index (χ3n) is 0.368. The predicted molar refractivity (Wildman–Crippen MR) is 44.5 cm³/mol. The normalized spacial score (nSPS) is 11.4. The molecule has 0 amide bonds. The summed E-state index contributed by atoms with van der Waals surface area (Å²) in [5, 5.41) is 0. The first-order valence-corrected chi connectivity index (χ1v) is 11.5. The number of hydrogen-bond acceptors (Lipinski definition) is 0. The number of rotatable bonds is 1. The van der Waals surface area contributed by atoms with E-state index in [2.05, 4.69) is 30.5 Å². The van der Waals surface area contributed by atoms with Crippen LogP contribution >= 0.6 is 34.5 Å². The van der Waals surface area contributed by atoms with Gasteiger partial charge in [0.2, 0.25) is 0 Å². The van der Waals surface area contributed by atoms with Crippen LogP contribution in [-0.2, 0) is 0 Å². The van der Waals surface area contributed by atoms with Gasteiger partial charge in [-0.25, -0.2) is 0 Å². The number of halogens is 2. The van der Waals surface area contributed by atoms with Gasteiger partial charge in [-0.15, -0.1) is 0 Å². The van der Waals surface area contributed by atoms with E-state index in [4.69, 9.17) is 0 Å². The van der Waals surface area contributed by atoms with Crippen LogP contribution in [0.4, 0.5) is 0 Å². The fourth-order valence-corrected chi connectivity index (χ4v) is 0. The molecule has 0 N–H and O–H groups in total. The molecule has 0 unspecified atom stereocenters. The predicted octanol–water partition coefficient (Wildman–Crippen LogP) is 2.49. The molecule has 0 saturated carbocycles. The Labute approximate surface area is 50.3 Å². The van der Waals surface area contributed by atoms with Crippen molar-refractivity contribution in [3.63, 3.8) is 0 Å². The summed E-state index contributed by atoms with van der Waals surface area (Å²) in [5.41, 5.74) is 0. The molecule has 0 atom stereocenters. The van der Waals surface area contributed by atoms with Crippen molar-refractivity contribution in [2.24, 2.45) is 0 Å². The Balaban J connectivity index is 2.54. The molecule has 0 bridgehead atoms. The van der Waals surface area contributed by atoms with Crippen LogP contribution in [0.2, 0.25) is 0 Å². The van der Waals surface area contributed by atoms with Crippen molar-refractivity contribution in [2.45, 2.75) is 6.92 Å². The van der Waals surface area contributed by atoms with E-state index in [0.29, 0.717) is 0 Å². The Hall–Kier alpha value is 1.46. The van der Waals surface area contributed by atoms with Gasteiger partial charge in [-0.2, -0.15) is 0 Å². The zero-order valence-electron chi connectivity index (χ0n) is 3.46. The van der Waals surface area contributed by atoms with Crippen LogP contribution in [0.25, 0.3) is 0 Å². The van der Waals surface area contributed by atoms with E-state index >= 15 is 0 Å². The standard InChI is InChI=1S/C3H8I2/c1-3-5(2)4/h3H2,1-2H3. The molecule has 2 heteroatoms. The molecule has 0 spiro atoms. The molecule has 0 aromatic rings. The van der Waals surface area contributed by atoms with E-state index in [1.807, 2.05) is 0 Å². The Morgan fingerprint density at radius 2 is 2.00 bits per heavy atom. The van der Waals surface area contributed by atoms with Gasteiger partial charge in [-0.1, -0.05) is 0 Å². The molecule has 0 fully saturated rings. The summed E-state index contributed by atoms with van der Waals surface area (Å²) in [6.07, 6.45) is 0. The van der Waals surface area contributed by atoms with Crippen LogP contribution in [0.1, 0.15) is 6.92 Å². The molecule has 0 nitrogen and oxygen atoms in total. The first kappa shape index (κ1) is 6.46. The second kappa shape index (κ2) is 3.64. The van der Waals surface area contributed by atoms with Gasteiger partial charge >= 0.3 is 50.7 Å². The quantitative estimate of drug-likeness (QED) is 0.515. The second-order valence-corrected chi connectivity index (χ2v) is 14.6. The van der Waals surface area contributed by atoms with Gasteiger partial charge in [0.25, 0.3) is 0 Å². The van der Waals surface area contributed by atoms with Gasteiger partial charge in [-0.3, -0.25) is 0 Å². The van der Waals surface area contributed by atoms with Crippen LogP contribution in [0.15, 0.2) is 0 Å². The average molecular weight is 298 g/mol. The van der Waals surface area contributed by atoms with Crippen molar-refractivity contribution in [2.75, 3.05) is 9.36 Å². The maximum absolute atomic E-state index is 2.56. The SMILES string of the molecule is CCI(C)I. The van der Waals surface area contributed by atoms with E-state index < -0.39 is 0 Å². The molecule has 0 aliphatic carbocycles. The first-order valence-electron chi connectivity index (χ1n) is 1.50. The second-order valence-electron chi connectivity index (χ2n) is 0.778. The van der Waals surface area contributed by atoms with Gasteiger partial charge < -0.3 is 0 Å². The third-order valence-corrected chi connectivity index (χ3v) is 6.34. The monoisotopic (exact) mass is 298 g/mol. The summed E-state index contributed by atoms with van der Waals surface area (Å²) in [6, 6.07) is 0. The molecule has 34 valence electrons. The molecule has 0 rings (SSSR count). The van der Waals surface area contributed by atoms with Crippen molar-refractivity contribution in [3.05, 3.63) is 0 Å². The van der Waals surface area contributed by atoms with Crippen LogP contribution in [0.3, 0.4) is 0 Å². The Bertz CT molecular complexity index is 18.9. The van der Waals surface area contributed by atoms with E-state index in [0.717, 1.165) is 0 Å². The van der Waals surface area contributed by atoms with Crippen molar-refractivity contribution >= 4 is 34.5 Å². The fraction of sp³-hybridized carbons (Fsp3) is 1.00. The van der Waals surface area contributed by atoms with Crippen molar-refractivity contribution in [1.29, 1.82) is 0 Å². The minimum atomic E-state index is -0.312. The van der Waals surface area contributed by atoms with Gasteiger partial charge in [-0.05, 0) is 0 Å². The summed E-state index contributed by atoms with van der Waals surface area (Å²) in [5.74, 6) is 0. The van der Waals surface area contributed by atoms with Crippen LogP contribution in [-0.4, -0.2) is 9.36 Å². The fourth-order valence-electron chi connectivity index (χ4n) is 0. The molecular weight excluding hydrogens is 290 g/mol. The molecule has 5 heavy (non-hydrogen) atoms.